The summed E-state index contributed by atoms with van der Waals surface area (Å²) in [6.07, 6.45) is -0.675. The quantitative estimate of drug-likeness (QED) is 0.349. The fourth-order valence-corrected chi connectivity index (χ4v) is 2.02. The third-order valence-corrected chi connectivity index (χ3v) is 2.96. The molecular weight excluding hydrogens is 268 g/mol. The van der Waals surface area contributed by atoms with E-state index in [9.17, 15) is 9.59 Å². The Bertz CT molecular complexity index is 276. The van der Waals surface area contributed by atoms with Crippen LogP contribution in [-0.2, 0) is 0 Å². The predicted molar refractivity (Wildman–Crippen MR) is 71.6 cm³/mol. The van der Waals surface area contributed by atoms with Crippen LogP contribution in [0.5, 0.6) is 0 Å². The molecule has 0 aromatic rings. The van der Waals surface area contributed by atoms with Gasteiger partial charge in [0, 0.05) is 13.1 Å². The molecule has 0 unspecified atom stereocenters. The zero-order chi connectivity index (χ0) is 15.5. The van der Waals surface area contributed by atoms with Crippen molar-refractivity contribution in [2.75, 3.05) is 26.3 Å². The number of amides is 2. The van der Waals surface area contributed by atoms with Gasteiger partial charge in [0.05, 0.1) is 13.2 Å². The van der Waals surface area contributed by atoms with Gasteiger partial charge in [0.15, 0.2) is 0 Å². The summed E-state index contributed by atoms with van der Waals surface area (Å²) in [4.78, 5) is 24.3. The van der Waals surface area contributed by atoms with Crippen LogP contribution in [0.2, 0.25) is 0 Å². The van der Waals surface area contributed by atoms with Crippen LogP contribution in [0.1, 0.15) is 32.6 Å². The van der Waals surface area contributed by atoms with Crippen molar-refractivity contribution < 1.29 is 30.0 Å². The first-order chi connectivity index (χ1) is 9.49. The van der Waals surface area contributed by atoms with Crippen LogP contribution in [0.25, 0.3) is 0 Å². The number of rotatable bonds is 10. The molecule has 0 bridgehead atoms. The van der Waals surface area contributed by atoms with E-state index in [2.05, 4.69) is 0 Å². The summed E-state index contributed by atoms with van der Waals surface area (Å²) in [6, 6.07) is 0. The first-order valence-electron chi connectivity index (χ1n) is 6.70. The average Bonchev–Trinajstić information content (AvgIpc) is 2.39. The molecule has 0 saturated carbocycles. The lowest BCUT2D eigenvalue weighted by atomic mass is 10.1. The number of carboxylic acid groups (broad SMARTS) is 2. The summed E-state index contributed by atoms with van der Waals surface area (Å²) in [6.45, 7) is 0.884. The van der Waals surface area contributed by atoms with E-state index in [4.69, 9.17) is 20.4 Å². The molecule has 2 amide bonds. The Hall–Kier alpha value is -1.54. The van der Waals surface area contributed by atoms with Crippen LogP contribution in [0, 0.1) is 0 Å². The fraction of sp³-hybridized carbons (Fsp3) is 0.833. The van der Waals surface area contributed by atoms with Crippen molar-refractivity contribution in [1.82, 2.24) is 9.80 Å². The summed E-state index contributed by atoms with van der Waals surface area (Å²) >= 11 is 0. The largest absolute Gasteiger partial charge is 0.465 e. The SMILES string of the molecule is CCCCCC(N(CCO)C(=O)O)N(CCO)C(=O)O. The number of aliphatic hydroxyl groups excluding tert-OH is 2. The Kier molecular flexibility index (Phi) is 9.48. The van der Waals surface area contributed by atoms with Crippen molar-refractivity contribution in [2.45, 2.75) is 38.8 Å². The molecule has 0 fully saturated rings. The normalized spacial score (nSPS) is 10.6. The van der Waals surface area contributed by atoms with Crippen molar-refractivity contribution in [1.29, 1.82) is 0 Å². The van der Waals surface area contributed by atoms with Gasteiger partial charge in [-0.05, 0) is 12.8 Å². The van der Waals surface area contributed by atoms with Gasteiger partial charge in [-0.15, -0.1) is 0 Å². The van der Waals surface area contributed by atoms with Gasteiger partial charge in [-0.2, -0.15) is 0 Å². The summed E-state index contributed by atoms with van der Waals surface area (Å²) in [5.41, 5.74) is 0. The van der Waals surface area contributed by atoms with Gasteiger partial charge in [-0.1, -0.05) is 19.8 Å². The van der Waals surface area contributed by atoms with Crippen LogP contribution in [-0.4, -0.2) is 74.9 Å². The van der Waals surface area contributed by atoms with Crippen molar-refractivity contribution in [3.05, 3.63) is 0 Å². The van der Waals surface area contributed by atoms with Crippen LogP contribution in [0.15, 0.2) is 0 Å². The molecule has 0 saturated heterocycles. The Balaban J connectivity index is 5.07. The number of carbonyl (C=O) groups is 2. The number of unbranched alkanes of at least 4 members (excludes halogenated alkanes) is 2. The molecule has 20 heavy (non-hydrogen) atoms. The van der Waals surface area contributed by atoms with E-state index < -0.39 is 18.4 Å². The highest BCUT2D eigenvalue weighted by Crippen LogP contribution is 2.15. The smallest absolute Gasteiger partial charge is 0.409 e. The second kappa shape index (κ2) is 10.3. The molecule has 0 spiro atoms. The van der Waals surface area contributed by atoms with Gasteiger partial charge in [-0.3, -0.25) is 9.80 Å². The van der Waals surface area contributed by atoms with Gasteiger partial charge in [0.2, 0.25) is 0 Å². The lowest BCUT2D eigenvalue weighted by molar-refractivity contribution is 0.0242. The predicted octanol–water partition coefficient (Wildman–Crippen LogP) is 0.837. The molecule has 0 aromatic carbocycles. The highest BCUT2D eigenvalue weighted by molar-refractivity contribution is 5.69. The third kappa shape index (κ3) is 6.07. The lowest BCUT2D eigenvalue weighted by Crippen LogP contribution is -2.54. The molecule has 0 aromatic heterocycles. The van der Waals surface area contributed by atoms with Crippen molar-refractivity contribution >= 4 is 12.2 Å². The Morgan fingerprint density at radius 3 is 1.70 bits per heavy atom. The molecule has 0 aliphatic carbocycles. The van der Waals surface area contributed by atoms with E-state index >= 15 is 0 Å². The topological polar surface area (TPSA) is 122 Å². The van der Waals surface area contributed by atoms with Crippen molar-refractivity contribution in [3.63, 3.8) is 0 Å². The molecule has 118 valence electrons. The van der Waals surface area contributed by atoms with Crippen LogP contribution >= 0.6 is 0 Å². The Morgan fingerprint density at radius 1 is 0.950 bits per heavy atom. The maximum atomic E-state index is 11.2. The molecule has 0 rings (SSSR count). The maximum absolute atomic E-state index is 11.2. The molecule has 8 nitrogen and oxygen atoms in total. The van der Waals surface area contributed by atoms with E-state index in [1.807, 2.05) is 6.92 Å². The minimum absolute atomic E-state index is 0.165. The fourth-order valence-electron chi connectivity index (χ4n) is 2.02. The number of hydrogen-bond donors (Lipinski definition) is 4. The minimum atomic E-state index is -1.29. The van der Waals surface area contributed by atoms with Gasteiger partial charge in [0.1, 0.15) is 6.17 Å². The Morgan fingerprint density at radius 2 is 1.40 bits per heavy atom. The molecule has 8 heteroatoms. The van der Waals surface area contributed by atoms with Crippen LogP contribution < -0.4 is 0 Å². The maximum Gasteiger partial charge on any atom is 0.409 e. The molecule has 0 heterocycles. The zero-order valence-electron chi connectivity index (χ0n) is 11.7. The van der Waals surface area contributed by atoms with Gasteiger partial charge in [-0.25, -0.2) is 9.59 Å². The van der Waals surface area contributed by atoms with Crippen molar-refractivity contribution in [3.8, 4) is 0 Å². The molecular formula is C12H24N2O6. The summed E-state index contributed by atoms with van der Waals surface area (Å²) < 4.78 is 0. The first-order valence-corrected chi connectivity index (χ1v) is 6.70. The summed E-state index contributed by atoms with van der Waals surface area (Å²) in [5.74, 6) is 0. The lowest BCUT2D eigenvalue weighted by Gasteiger charge is -2.36. The van der Waals surface area contributed by atoms with Gasteiger partial charge >= 0.3 is 12.2 Å². The van der Waals surface area contributed by atoms with Crippen molar-refractivity contribution in [2.24, 2.45) is 0 Å². The molecule has 4 N–H and O–H groups in total. The first kappa shape index (κ1) is 18.5. The summed E-state index contributed by atoms with van der Waals surface area (Å²) in [7, 11) is 0. The minimum Gasteiger partial charge on any atom is -0.465 e. The van der Waals surface area contributed by atoms with Crippen LogP contribution in [0.3, 0.4) is 0 Å². The molecule has 0 atom stereocenters. The molecule has 0 aliphatic heterocycles. The van der Waals surface area contributed by atoms with E-state index in [0.717, 1.165) is 22.6 Å². The second-order valence-electron chi connectivity index (χ2n) is 4.38. The average molecular weight is 292 g/mol. The summed E-state index contributed by atoms with van der Waals surface area (Å²) in [5, 5.41) is 36.2. The second-order valence-corrected chi connectivity index (χ2v) is 4.38. The highest BCUT2D eigenvalue weighted by atomic mass is 16.4. The van der Waals surface area contributed by atoms with E-state index in [1.54, 1.807) is 0 Å². The third-order valence-electron chi connectivity index (χ3n) is 2.96. The standard InChI is InChI=1S/C12H24N2O6/c1-2-3-4-5-10(13(6-8-15)11(17)18)14(7-9-16)12(19)20/h10,15-16H,2-9H2,1H3,(H,17,18)(H,19,20). The number of hydrogen-bond acceptors (Lipinski definition) is 4. The molecule has 0 aliphatic rings. The number of nitrogens with zero attached hydrogens (tertiary/aromatic N) is 2. The monoisotopic (exact) mass is 292 g/mol. The Labute approximate surface area is 118 Å². The number of aliphatic hydroxyl groups is 2. The van der Waals surface area contributed by atoms with E-state index in [-0.39, 0.29) is 26.3 Å². The van der Waals surface area contributed by atoms with E-state index in [0.29, 0.717) is 12.8 Å². The zero-order valence-corrected chi connectivity index (χ0v) is 11.7. The van der Waals surface area contributed by atoms with Crippen LogP contribution in [0.4, 0.5) is 9.59 Å². The molecule has 0 radical (unpaired) electrons. The van der Waals surface area contributed by atoms with E-state index in [1.165, 1.54) is 0 Å². The highest BCUT2D eigenvalue weighted by Gasteiger charge is 2.31. The van der Waals surface area contributed by atoms with Gasteiger partial charge < -0.3 is 20.4 Å². The van der Waals surface area contributed by atoms with Gasteiger partial charge in [0.25, 0.3) is 0 Å².